The number of carbonyl (C=O) groups is 2. The molecule has 0 unspecified atom stereocenters. The largest absolute Gasteiger partial charge is 0.463 e. The highest BCUT2D eigenvalue weighted by Gasteiger charge is 2.31. The molecule has 0 saturated carbocycles. The Bertz CT molecular complexity index is 598. The van der Waals surface area contributed by atoms with Crippen molar-refractivity contribution in [3.05, 3.63) is 22.3 Å². The van der Waals surface area contributed by atoms with Gasteiger partial charge in [0.15, 0.2) is 0 Å². The van der Waals surface area contributed by atoms with Gasteiger partial charge < -0.3 is 15.4 Å². The SMILES string of the molecule is CCOC(=O)C1=C(CSc2nc(C)cs2)NC(=O)N[C@@H]1CC. The van der Waals surface area contributed by atoms with Crippen molar-refractivity contribution >= 4 is 35.1 Å². The molecular weight excluding hydrogens is 322 g/mol. The van der Waals surface area contributed by atoms with Crippen LogP contribution in [0.1, 0.15) is 26.0 Å². The number of thioether (sulfide) groups is 1. The minimum absolute atomic E-state index is 0.286. The summed E-state index contributed by atoms with van der Waals surface area (Å²) in [6.07, 6.45) is 0.631. The van der Waals surface area contributed by atoms with Crippen LogP contribution in [0.3, 0.4) is 0 Å². The minimum atomic E-state index is -0.382. The van der Waals surface area contributed by atoms with E-state index in [1.54, 1.807) is 18.3 Å². The van der Waals surface area contributed by atoms with Crippen LogP contribution in [-0.4, -0.2) is 35.4 Å². The molecule has 1 aromatic rings. The molecule has 6 nitrogen and oxygen atoms in total. The van der Waals surface area contributed by atoms with Gasteiger partial charge in [0.2, 0.25) is 0 Å². The zero-order valence-corrected chi connectivity index (χ0v) is 14.4. The second-order valence-electron chi connectivity index (χ2n) is 4.72. The molecule has 0 aromatic carbocycles. The monoisotopic (exact) mass is 341 g/mol. The first-order valence-electron chi connectivity index (χ1n) is 7.07. The van der Waals surface area contributed by atoms with Gasteiger partial charge in [-0.2, -0.15) is 0 Å². The number of thiazole rings is 1. The molecule has 2 heterocycles. The Morgan fingerprint density at radius 2 is 2.27 bits per heavy atom. The Balaban J connectivity index is 2.22. The number of amides is 2. The molecule has 0 saturated heterocycles. The van der Waals surface area contributed by atoms with E-state index in [9.17, 15) is 9.59 Å². The van der Waals surface area contributed by atoms with Gasteiger partial charge in [0.1, 0.15) is 4.34 Å². The third-order valence-electron chi connectivity index (χ3n) is 3.08. The molecule has 0 spiro atoms. The number of hydrogen-bond donors (Lipinski definition) is 2. The predicted molar refractivity (Wildman–Crippen MR) is 87.0 cm³/mol. The van der Waals surface area contributed by atoms with Gasteiger partial charge in [0.05, 0.1) is 18.2 Å². The summed E-state index contributed by atoms with van der Waals surface area (Å²) in [7, 11) is 0. The van der Waals surface area contributed by atoms with Crippen molar-refractivity contribution in [1.82, 2.24) is 15.6 Å². The van der Waals surface area contributed by atoms with E-state index in [0.29, 0.717) is 30.1 Å². The zero-order chi connectivity index (χ0) is 16.1. The summed E-state index contributed by atoms with van der Waals surface area (Å²) in [5.74, 6) is 0.0955. The van der Waals surface area contributed by atoms with Crippen LogP contribution in [0.5, 0.6) is 0 Å². The lowest BCUT2D eigenvalue weighted by Gasteiger charge is -2.28. The van der Waals surface area contributed by atoms with Gasteiger partial charge >= 0.3 is 12.0 Å². The van der Waals surface area contributed by atoms with Gasteiger partial charge in [-0.1, -0.05) is 18.7 Å². The lowest BCUT2D eigenvalue weighted by atomic mass is 10.0. The fraction of sp³-hybridized carbons (Fsp3) is 0.500. The molecule has 0 bridgehead atoms. The van der Waals surface area contributed by atoms with Crippen molar-refractivity contribution in [2.24, 2.45) is 0 Å². The number of carbonyl (C=O) groups excluding carboxylic acids is 2. The van der Waals surface area contributed by atoms with Gasteiger partial charge in [-0.15, -0.1) is 11.3 Å². The first-order chi connectivity index (χ1) is 10.5. The number of aromatic nitrogens is 1. The van der Waals surface area contributed by atoms with Gasteiger partial charge in [-0.05, 0) is 20.3 Å². The summed E-state index contributed by atoms with van der Waals surface area (Å²) in [5, 5.41) is 7.46. The van der Waals surface area contributed by atoms with Crippen LogP contribution < -0.4 is 10.6 Å². The maximum Gasteiger partial charge on any atom is 0.337 e. The van der Waals surface area contributed by atoms with Crippen LogP contribution in [0.2, 0.25) is 0 Å². The summed E-state index contributed by atoms with van der Waals surface area (Å²) in [6, 6.07) is -0.604. The van der Waals surface area contributed by atoms with Gasteiger partial charge in [-0.3, -0.25) is 0 Å². The van der Waals surface area contributed by atoms with E-state index < -0.39 is 0 Å². The van der Waals surface area contributed by atoms with Crippen molar-refractivity contribution in [3.63, 3.8) is 0 Å². The Morgan fingerprint density at radius 3 is 2.86 bits per heavy atom. The highest BCUT2D eigenvalue weighted by molar-refractivity contribution is 8.01. The minimum Gasteiger partial charge on any atom is -0.463 e. The average Bonchev–Trinajstić information content (AvgIpc) is 2.90. The van der Waals surface area contributed by atoms with Crippen molar-refractivity contribution in [3.8, 4) is 0 Å². The molecular formula is C14H19N3O3S2. The van der Waals surface area contributed by atoms with Crippen molar-refractivity contribution in [1.29, 1.82) is 0 Å². The first kappa shape index (κ1) is 16.8. The second kappa shape index (κ2) is 7.64. The Hall–Kier alpha value is -1.54. The van der Waals surface area contributed by atoms with E-state index in [-0.39, 0.29) is 18.0 Å². The van der Waals surface area contributed by atoms with Crippen LogP contribution in [0.25, 0.3) is 0 Å². The lowest BCUT2D eigenvalue weighted by molar-refractivity contribution is -0.139. The van der Waals surface area contributed by atoms with Crippen LogP contribution in [0.15, 0.2) is 21.0 Å². The number of esters is 1. The van der Waals surface area contributed by atoms with Crippen LogP contribution in [0.4, 0.5) is 4.79 Å². The van der Waals surface area contributed by atoms with Gasteiger partial charge in [0.25, 0.3) is 0 Å². The number of aryl methyl sites for hydroxylation is 1. The zero-order valence-electron chi connectivity index (χ0n) is 12.8. The van der Waals surface area contributed by atoms with E-state index >= 15 is 0 Å². The second-order valence-corrected chi connectivity index (χ2v) is 6.80. The fourth-order valence-corrected chi connectivity index (χ4v) is 3.93. The van der Waals surface area contributed by atoms with E-state index in [1.807, 2.05) is 19.2 Å². The maximum absolute atomic E-state index is 12.2. The summed E-state index contributed by atoms with van der Waals surface area (Å²) in [5.41, 5.74) is 2.07. The molecule has 2 rings (SSSR count). The summed E-state index contributed by atoms with van der Waals surface area (Å²) < 4.78 is 6.04. The quantitative estimate of drug-likeness (QED) is 0.614. The van der Waals surface area contributed by atoms with Gasteiger partial charge in [0, 0.05) is 22.5 Å². The number of rotatable bonds is 6. The molecule has 0 radical (unpaired) electrons. The molecule has 8 heteroatoms. The first-order valence-corrected chi connectivity index (χ1v) is 8.94. The van der Waals surface area contributed by atoms with E-state index in [2.05, 4.69) is 15.6 Å². The summed E-state index contributed by atoms with van der Waals surface area (Å²) in [6.45, 7) is 5.92. The topological polar surface area (TPSA) is 80.3 Å². The van der Waals surface area contributed by atoms with Crippen molar-refractivity contribution < 1.29 is 14.3 Å². The number of nitrogens with one attached hydrogen (secondary N) is 2. The van der Waals surface area contributed by atoms with Gasteiger partial charge in [-0.25, -0.2) is 14.6 Å². The van der Waals surface area contributed by atoms with Crippen LogP contribution in [0, 0.1) is 6.92 Å². The van der Waals surface area contributed by atoms with E-state index in [4.69, 9.17) is 4.74 Å². The average molecular weight is 341 g/mol. The Morgan fingerprint density at radius 1 is 1.50 bits per heavy atom. The number of urea groups is 1. The van der Waals surface area contributed by atoms with Crippen molar-refractivity contribution in [2.75, 3.05) is 12.4 Å². The van der Waals surface area contributed by atoms with Crippen LogP contribution in [-0.2, 0) is 9.53 Å². The third kappa shape index (κ3) is 4.01. The summed E-state index contributed by atoms with van der Waals surface area (Å²) in [4.78, 5) is 28.3. The highest BCUT2D eigenvalue weighted by atomic mass is 32.2. The highest BCUT2D eigenvalue weighted by Crippen LogP contribution is 2.27. The third-order valence-corrected chi connectivity index (χ3v) is 5.25. The standard InChI is InChI=1S/C14H19N3O3S2/c1-4-9-11(12(18)20-5-2)10(17-13(19)16-9)7-22-14-15-8(3)6-21-14/h6,9H,4-5,7H2,1-3H3,(H2,16,17,19)/t9-/m1/s1. The molecule has 1 aromatic heterocycles. The Kier molecular flexibility index (Phi) is 5.84. The predicted octanol–water partition coefficient (Wildman–Crippen LogP) is 2.45. The molecule has 1 atom stereocenters. The molecule has 0 fully saturated rings. The number of hydrogen-bond acceptors (Lipinski definition) is 6. The molecule has 1 aliphatic heterocycles. The van der Waals surface area contributed by atoms with E-state index in [1.165, 1.54) is 11.8 Å². The molecule has 120 valence electrons. The molecule has 2 N–H and O–H groups in total. The lowest BCUT2D eigenvalue weighted by Crippen LogP contribution is -2.50. The smallest absolute Gasteiger partial charge is 0.337 e. The summed E-state index contributed by atoms with van der Waals surface area (Å²) >= 11 is 3.05. The fourth-order valence-electron chi connectivity index (χ4n) is 2.11. The molecule has 22 heavy (non-hydrogen) atoms. The normalized spacial score (nSPS) is 18.0. The van der Waals surface area contributed by atoms with Crippen molar-refractivity contribution in [2.45, 2.75) is 37.6 Å². The van der Waals surface area contributed by atoms with Crippen LogP contribution >= 0.6 is 23.1 Å². The molecule has 2 amide bonds. The van der Waals surface area contributed by atoms with E-state index in [0.717, 1.165) is 10.0 Å². The maximum atomic E-state index is 12.2. The number of nitrogens with zero attached hydrogens (tertiary/aromatic N) is 1. The molecule has 0 aliphatic carbocycles. The Labute approximate surface area is 137 Å². The number of ether oxygens (including phenoxy) is 1. The molecule has 1 aliphatic rings.